The molecule has 0 atom stereocenters. The minimum atomic E-state index is -3.65. The molecule has 0 aromatic heterocycles. The molecule has 1 aromatic carbocycles. The molecule has 1 N–H and O–H groups in total. The fourth-order valence-electron chi connectivity index (χ4n) is 1.46. The molecule has 0 heterocycles. The number of aliphatic carboxylic acids is 1. The number of carboxylic acids is 1. The normalized spacial score (nSPS) is 11.7. The summed E-state index contributed by atoms with van der Waals surface area (Å²) in [6.45, 7) is 1.88. The third-order valence-corrected chi connectivity index (χ3v) is 5.37. The molecule has 100 valence electrons. The van der Waals surface area contributed by atoms with Gasteiger partial charge in [-0.1, -0.05) is 19.1 Å². The minimum absolute atomic E-state index is 0.0322. The van der Waals surface area contributed by atoms with Crippen LogP contribution in [-0.4, -0.2) is 36.9 Å². The van der Waals surface area contributed by atoms with Crippen molar-refractivity contribution in [3.8, 4) is 0 Å². The van der Waals surface area contributed by atoms with Crippen molar-refractivity contribution in [2.45, 2.75) is 18.2 Å². The Bertz CT molecular complexity index is 530. The first-order valence-electron chi connectivity index (χ1n) is 5.36. The molecular formula is C11H14BrNO4S. The minimum Gasteiger partial charge on any atom is -0.481 e. The average molecular weight is 336 g/mol. The number of sulfonamides is 1. The third kappa shape index (κ3) is 3.54. The Hall–Kier alpha value is -0.920. The van der Waals surface area contributed by atoms with Gasteiger partial charge in [-0.15, -0.1) is 0 Å². The molecule has 0 radical (unpaired) electrons. The molecule has 1 aromatic rings. The smallest absolute Gasteiger partial charge is 0.304 e. The van der Waals surface area contributed by atoms with Crippen LogP contribution < -0.4 is 0 Å². The van der Waals surface area contributed by atoms with E-state index in [1.165, 1.54) is 6.07 Å². The molecule has 18 heavy (non-hydrogen) atoms. The zero-order valence-corrected chi connectivity index (χ0v) is 12.2. The standard InChI is InChI=1S/C11H14BrNO4S/c1-2-13(8-7-11(14)15)18(16,17)10-6-4-3-5-9(10)12/h3-6H,2,7-8H2,1H3,(H,14,15). The maximum Gasteiger partial charge on any atom is 0.304 e. The molecule has 0 unspecified atom stereocenters. The van der Waals surface area contributed by atoms with Gasteiger partial charge in [-0.05, 0) is 28.1 Å². The second-order valence-electron chi connectivity index (χ2n) is 3.57. The number of hydrogen-bond donors (Lipinski definition) is 1. The van der Waals surface area contributed by atoms with Crippen LogP contribution in [0.5, 0.6) is 0 Å². The summed E-state index contributed by atoms with van der Waals surface area (Å²) in [4.78, 5) is 10.7. The Morgan fingerprint density at radius 2 is 2.00 bits per heavy atom. The van der Waals surface area contributed by atoms with Gasteiger partial charge in [0.2, 0.25) is 10.0 Å². The van der Waals surface area contributed by atoms with E-state index in [0.29, 0.717) is 4.47 Å². The maximum absolute atomic E-state index is 12.3. The van der Waals surface area contributed by atoms with E-state index in [9.17, 15) is 13.2 Å². The Balaban J connectivity index is 3.04. The van der Waals surface area contributed by atoms with Crippen LogP contribution >= 0.6 is 15.9 Å². The molecule has 0 bridgehead atoms. The Kier molecular flexibility index (Phi) is 5.30. The van der Waals surface area contributed by atoms with Crippen molar-refractivity contribution < 1.29 is 18.3 Å². The highest BCUT2D eigenvalue weighted by molar-refractivity contribution is 9.10. The van der Waals surface area contributed by atoms with Crippen LogP contribution in [0.3, 0.4) is 0 Å². The Morgan fingerprint density at radius 3 is 2.50 bits per heavy atom. The first-order chi connectivity index (χ1) is 8.39. The van der Waals surface area contributed by atoms with E-state index in [-0.39, 0.29) is 24.4 Å². The van der Waals surface area contributed by atoms with Gasteiger partial charge >= 0.3 is 5.97 Å². The van der Waals surface area contributed by atoms with Crippen LogP contribution in [0.2, 0.25) is 0 Å². The molecule has 0 saturated heterocycles. The van der Waals surface area contributed by atoms with Crippen molar-refractivity contribution in [3.63, 3.8) is 0 Å². The number of benzene rings is 1. The van der Waals surface area contributed by atoms with E-state index in [2.05, 4.69) is 15.9 Å². The van der Waals surface area contributed by atoms with Gasteiger partial charge in [0.05, 0.1) is 11.3 Å². The van der Waals surface area contributed by atoms with Crippen LogP contribution in [0.1, 0.15) is 13.3 Å². The van der Waals surface area contributed by atoms with Gasteiger partial charge < -0.3 is 5.11 Å². The average Bonchev–Trinajstić information content (AvgIpc) is 2.29. The summed E-state index contributed by atoms with van der Waals surface area (Å²) in [6, 6.07) is 6.47. The Labute approximate surface area is 115 Å². The second kappa shape index (κ2) is 6.31. The van der Waals surface area contributed by atoms with E-state index < -0.39 is 16.0 Å². The molecule has 0 aliphatic rings. The van der Waals surface area contributed by atoms with Crippen molar-refractivity contribution in [2.24, 2.45) is 0 Å². The van der Waals surface area contributed by atoms with Crippen molar-refractivity contribution >= 4 is 31.9 Å². The van der Waals surface area contributed by atoms with Crippen LogP contribution in [0.25, 0.3) is 0 Å². The van der Waals surface area contributed by atoms with Gasteiger partial charge in [-0.2, -0.15) is 4.31 Å². The SMILES string of the molecule is CCN(CCC(=O)O)S(=O)(=O)c1ccccc1Br. The topological polar surface area (TPSA) is 74.7 Å². The molecule has 0 aliphatic heterocycles. The van der Waals surface area contributed by atoms with Crippen LogP contribution in [0, 0.1) is 0 Å². The highest BCUT2D eigenvalue weighted by Crippen LogP contribution is 2.24. The lowest BCUT2D eigenvalue weighted by molar-refractivity contribution is -0.137. The van der Waals surface area contributed by atoms with Gasteiger partial charge in [-0.3, -0.25) is 4.79 Å². The van der Waals surface area contributed by atoms with Crippen molar-refractivity contribution in [1.29, 1.82) is 0 Å². The molecule has 0 aliphatic carbocycles. The van der Waals surface area contributed by atoms with Crippen molar-refractivity contribution in [2.75, 3.05) is 13.1 Å². The molecule has 0 amide bonds. The molecule has 1 rings (SSSR count). The van der Waals surface area contributed by atoms with E-state index >= 15 is 0 Å². The predicted octanol–water partition coefficient (Wildman–Crippen LogP) is 1.93. The molecule has 5 nitrogen and oxygen atoms in total. The second-order valence-corrected chi connectivity index (χ2v) is 6.33. The van der Waals surface area contributed by atoms with Gasteiger partial charge in [-0.25, -0.2) is 8.42 Å². The van der Waals surface area contributed by atoms with Crippen molar-refractivity contribution in [1.82, 2.24) is 4.31 Å². The van der Waals surface area contributed by atoms with Gasteiger partial charge in [0, 0.05) is 17.6 Å². The van der Waals surface area contributed by atoms with Crippen LogP contribution in [0.4, 0.5) is 0 Å². The fraction of sp³-hybridized carbons (Fsp3) is 0.364. The van der Waals surface area contributed by atoms with Gasteiger partial charge in [0.25, 0.3) is 0 Å². The van der Waals surface area contributed by atoms with E-state index in [0.717, 1.165) is 4.31 Å². The largest absolute Gasteiger partial charge is 0.481 e. The molecule has 0 fully saturated rings. The summed E-state index contributed by atoms with van der Waals surface area (Å²) in [5.41, 5.74) is 0. The van der Waals surface area contributed by atoms with E-state index in [4.69, 9.17) is 5.11 Å². The van der Waals surface area contributed by atoms with E-state index in [1.807, 2.05) is 0 Å². The summed E-state index contributed by atoms with van der Waals surface area (Å²) >= 11 is 3.19. The number of halogens is 1. The lowest BCUT2D eigenvalue weighted by atomic mass is 10.4. The maximum atomic E-state index is 12.3. The lowest BCUT2D eigenvalue weighted by Gasteiger charge is -2.20. The third-order valence-electron chi connectivity index (χ3n) is 2.38. The first kappa shape index (κ1) is 15.1. The predicted molar refractivity (Wildman–Crippen MR) is 70.8 cm³/mol. The van der Waals surface area contributed by atoms with E-state index in [1.54, 1.807) is 25.1 Å². The highest BCUT2D eigenvalue weighted by Gasteiger charge is 2.25. The lowest BCUT2D eigenvalue weighted by Crippen LogP contribution is -2.33. The number of rotatable bonds is 6. The molecule has 0 spiro atoms. The number of carbonyl (C=O) groups is 1. The van der Waals surface area contributed by atoms with Crippen LogP contribution in [0.15, 0.2) is 33.6 Å². The quantitative estimate of drug-likeness (QED) is 0.861. The van der Waals surface area contributed by atoms with Crippen LogP contribution in [-0.2, 0) is 14.8 Å². The number of hydrogen-bond acceptors (Lipinski definition) is 3. The summed E-state index contributed by atoms with van der Waals surface area (Å²) in [5, 5.41) is 8.62. The monoisotopic (exact) mass is 335 g/mol. The van der Waals surface area contributed by atoms with Crippen molar-refractivity contribution in [3.05, 3.63) is 28.7 Å². The zero-order valence-electron chi connectivity index (χ0n) is 9.84. The molecule has 7 heteroatoms. The fourth-order valence-corrected chi connectivity index (χ4v) is 3.87. The molecular weight excluding hydrogens is 322 g/mol. The summed E-state index contributed by atoms with van der Waals surface area (Å²) in [7, 11) is -3.65. The summed E-state index contributed by atoms with van der Waals surface area (Å²) in [5.74, 6) is -1.02. The molecule has 0 saturated carbocycles. The summed E-state index contributed by atoms with van der Waals surface area (Å²) < 4.78 is 26.2. The highest BCUT2D eigenvalue weighted by atomic mass is 79.9. The zero-order chi connectivity index (χ0) is 13.8. The van der Waals surface area contributed by atoms with Gasteiger partial charge in [0.15, 0.2) is 0 Å². The van der Waals surface area contributed by atoms with Gasteiger partial charge in [0.1, 0.15) is 0 Å². The first-order valence-corrected chi connectivity index (χ1v) is 7.59. The number of nitrogens with zero attached hydrogens (tertiary/aromatic N) is 1. The Morgan fingerprint density at radius 1 is 1.39 bits per heavy atom. The number of carboxylic acid groups (broad SMARTS) is 1. The summed E-state index contributed by atoms with van der Waals surface area (Å²) in [6.07, 6.45) is -0.211.